The number of ketones is 2. The van der Waals surface area contributed by atoms with Gasteiger partial charge in [-0.1, -0.05) is 34.1 Å². The molecule has 0 aromatic heterocycles. The molecule has 0 radical (unpaired) electrons. The number of allylic oxidation sites excluding steroid dienone is 2. The molecule has 1 rings (SSSR count). The zero-order chi connectivity index (χ0) is 13.9. The lowest BCUT2D eigenvalue weighted by Gasteiger charge is -2.11. The number of carbonyl (C=O) groups excluding carboxylic acids is 2. The van der Waals surface area contributed by atoms with Crippen LogP contribution in [0.5, 0.6) is 0 Å². The molecule has 102 valence electrons. The van der Waals surface area contributed by atoms with Crippen LogP contribution in [0.2, 0.25) is 0 Å². The minimum Gasteiger partial charge on any atom is -0.511 e. The Morgan fingerprint density at radius 1 is 1.39 bits per heavy atom. The van der Waals surface area contributed by atoms with Crippen molar-refractivity contribution < 1.29 is 14.7 Å². The first kappa shape index (κ1) is 14.9. The van der Waals surface area contributed by atoms with Gasteiger partial charge < -0.3 is 5.11 Å². The molecule has 0 fully saturated rings. The van der Waals surface area contributed by atoms with E-state index in [-0.39, 0.29) is 34.7 Å². The van der Waals surface area contributed by atoms with E-state index in [0.29, 0.717) is 18.8 Å². The lowest BCUT2D eigenvalue weighted by molar-refractivity contribution is -0.124. The van der Waals surface area contributed by atoms with Crippen LogP contribution in [0.3, 0.4) is 0 Å². The topological polar surface area (TPSA) is 54.4 Å². The first-order chi connectivity index (χ1) is 8.38. The van der Waals surface area contributed by atoms with Crippen LogP contribution in [0.1, 0.15) is 53.4 Å². The number of hydrogen-bond donors (Lipinski definition) is 1. The minimum absolute atomic E-state index is 0.0130. The minimum atomic E-state index is -0.188. The molecular weight excluding hydrogens is 228 g/mol. The summed E-state index contributed by atoms with van der Waals surface area (Å²) >= 11 is 0. The monoisotopic (exact) mass is 252 g/mol. The Bertz CT molecular complexity index is 366. The van der Waals surface area contributed by atoms with Gasteiger partial charge in [0.25, 0.3) is 0 Å². The lowest BCUT2D eigenvalue weighted by Crippen LogP contribution is -2.21. The third-order valence-electron chi connectivity index (χ3n) is 3.74. The van der Waals surface area contributed by atoms with Crippen molar-refractivity contribution in [1.82, 2.24) is 0 Å². The van der Waals surface area contributed by atoms with E-state index < -0.39 is 0 Å². The van der Waals surface area contributed by atoms with Crippen LogP contribution in [-0.2, 0) is 9.59 Å². The molecule has 0 aliphatic heterocycles. The second-order valence-electron chi connectivity index (χ2n) is 5.73. The fourth-order valence-corrected chi connectivity index (χ4v) is 2.24. The van der Waals surface area contributed by atoms with Gasteiger partial charge in [-0.25, -0.2) is 0 Å². The Labute approximate surface area is 109 Å². The Hall–Kier alpha value is -1.12. The van der Waals surface area contributed by atoms with Gasteiger partial charge in [0.15, 0.2) is 11.6 Å². The predicted molar refractivity (Wildman–Crippen MR) is 71.3 cm³/mol. The molecule has 18 heavy (non-hydrogen) atoms. The summed E-state index contributed by atoms with van der Waals surface area (Å²) in [6.07, 6.45) is 2.76. The summed E-state index contributed by atoms with van der Waals surface area (Å²) in [5, 5.41) is 9.85. The summed E-state index contributed by atoms with van der Waals surface area (Å²) in [6.45, 7) is 7.93. The standard InChI is InChI=1S/C15H24O3/c1-5-10(4)14(17)13-12(16)8-11(15(13)18)7-6-9(2)3/h9-11,16H,5-8H2,1-4H3/t10?,11-/m0/s1. The SMILES string of the molecule is CCC(C)C(=O)C1=C(O)C[C@H](CCC(C)C)C1=O. The predicted octanol–water partition coefficient (Wildman–Crippen LogP) is 3.44. The van der Waals surface area contributed by atoms with Crippen LogP contribution in [0.4, 0.5) is 0 Å². The van der Waals surface area contributed by atoms with Gasteiger partial charge in [-0.2, -0.15) is 0 Å². The fourth-order valence-electron chi connectivity index (χ4n) is 2.24. The zero-order valence-electron chi connectivity index (χ0n) is 11.8. The molecule has 1 aliphatic carbocycles. The van der Waals surface area contributed by atoms with E-state index in [0.717, 1.165) is 12.8 Å². The molecule has 0 saturated carbocycles. The fraction of sp³-hybridized carbons (Fsp3) is 0.733. The molecular formula is C15H24O3. The summed E-state index contributed by atoms with van der Waals surface area (Å²) in [5.74, 6) is -0.149. The molecule has 0 bridgehead atoms. The lowest BCUT2D eigenvalue weighted by atomic mass is 9.90. The van der Waals surface area contributed by atoms with Gasteiger partial charge in [-0.3, -0.25) is 9.59 Å². The van der Waals surface area contributed by atoms with Gasteiger partial charge in [0, 0.05) is 18.3 Å². The van der Waals surface area contributed by atoms with Crippen molar-refractivity contribution in [2.75, 3.05) is 0 Å². The van der Waals surface area contributed by atoms with Crippen molar-refractivity contribution in [3.8, 4) is 0 Å². The number of carbonyl (C=O) groups is 2. The van der Waals surface area contributed by atoms with E-state index in [1.165, 1.54) is 0 Å². The average Bonchev–Trinajstić information content (AvgIpc) is 2.60. The van der Waals surface area contributed by atoms with E-state index in [9.17, 15) is 14.7 Å². The maximum Gasteiger partial charge on any atom is 0.173 e. The number of aliphatic hydroxyl groups excluding tert-OH is 1. The highest BCUT2D eigenvalue weighted by atomic mass is 16.3. The molecule has 0 aromatic rings. The first-order valence-corrected chi connectivity index (χ1v) is 6.88. The van der Waals surface area contributed by atoms with Gasteiger partial charge >= 0.3 is 0 Å². The van der Waals surface area contributed by atoms with Crippen LogP contribution in [-0.4, -0.2) is 16.7 Å². The van der Waals surface area contributed by atoms with Gasteiger partial charge in [0.05, 0.1) is 5.57 Å². The Morgan fingerprint density at radius 2 is 2.00 bits per heavy atom. The van der Waals surface area contributed by atoms with Crippen molar-refractivity contribution in [1.29, 1.82) is 0 Å². The molecule has 0 amide bonds. The third-order valence-corrected chi connectivity index (χ3v) is 3.74. The molecule has 1 aliphatic rings. The summed E-state index contributed by atoms with van der Waals surface area (Å²) in [4.78, 5) is 24.2. The number of Topliss-reactive ketones (excluding diaryl/α,β-unsaturated/α-hetero) is 2. The Kier molecular flexibility index (Phi) is 5.12. The summed E-state index contributed by atoms with van der Waals surface area (Å²) in [5.41, 5.74) is 0.0816. The maximum absolute atomic E-state index is 12.2. The van der Waals surface area contributed by atoms with Crippen molar-refractivity contribution in [3.05, 3.63) is 11.3 Å². The van der Waals surface area contributed by atoms with Crippen LogP contribution < -0.4 is 0 Å². The Balaban J connectivity index is 2.74. The second kappa shape index (κ2) is 6.17. The van der Waals surface area contributed by atoms with Crippen molar-refractivity contribution in [2.24, 2.45) is 17.8 Å². The summed E-state index contributed by atoms with van der Waals surface area (Å²) < 4.78 is 0. The molecule has 0 aromatic carbocycles. The van der Waals surface area contributed by atoms with Crippen LogP contribution >= 0.6 is 0 Å². The van der Waals surface area contributed by atoms with E-state index in [1.807, 2.05) is 6.92 Å². The first-order valence-electron chi connectivity index (χ1n) is 6.88. The molecule has 3 heteroatoms. The van der Waals surface area contributed by atoms with Crippen molar-refractivity contribution in [3.63, 3.8) is 0 Å². The molecule has 0 saturated heterocycles. The molecule has 2 atom stereocenters. The molecule has 1 unspecified atom stereocenters. The molecule has 1 N–H and O–H groups in total. The number of aliphatic hydroxyl groups is 1. The van der Waals surface area contributed by atoms with Crippen LogP contribution in [0, 0.1) is 17.8 Å². The smallest absolute Gasteiger partial charge is 0.173 e. The van der Waals surface area contributed by atoms with Crippen molar-refractivity contribution in [2.45, 2.75) is 53.4 Å². The third kappa shape index (κ3) is 3.21. The van der Waals surface area contributed by atoms with E-state index >= 15 is 0 Å². The highest BCUT2D eigenvalue weighted by Gasteiger charge is 2.37. The van der Waals surface area contributed by atoms with Gasteiger partial charge in [0.1, 0.15) is 5.76 Å². The average molecular weight is 252 g/mol. The molecule has 0 heterocycles. The summed E-state index contributed by atoms with van der Waals surface area (Å²) in [6, 6.07) is 0. The Morgan fingerprint density at radius 3 is 2.50 bits per heavy atom. The van der Waals surface area contributed by atoms with E-state index in [2.05, 4.69) is 13.8 Å². The second-order valence-corrected chi connectivity index (χ2v) is 5.73. The molecule has 0 spiro atoms. The van der Waals surface area contributed by atoms with Crippen LogP contribution in [0.15, 0.2) is 11.3 Å². The van der Waals surface area contributed by atoms with E-state index in [1.54, 1.807) is 6.92 Å². The highest BCUT2D eigenvalue weighted by Crippen LogP contribution is 2.32. The van der Waals surface area contributed by atoms with Gasteiger partial charge in [-0.15, -0.1) is 0 Å². The number of rotatable bonds is 6. The van der Waals surface area contributed by atoms with Gasteiger partial charge in [0.2, 0.25) is 0 Å². The van der Waals surface area contributed by atoms with Crippen molar-refractivity contribution >= 4 is 11.6 Å². The van der Waals surface area contributed by atoms with Crippen LogP contribution in [0.25, 0.3) is 0 Å². The van der Waals surface area contributed by atoms with E-state index in [4.69, 9.17) is 0 Å². The normalized spacial score (nSPS) is 21.8. The largest absolute Gasteiger partial charge is 0.511 e. The molecule has 3 nitrogen and oxygen atoms in total. The number of hydrogen-bond acceptors (Lipinski definition) is 3. The zero-order valence-corrected chi connectivity index (χ0v) is 11.8. The highest BCUT2D eigenvalue weighted by molar-refractivity contribution is 6.23. The quantitative estimate of drug-likeness (QED) is 0.737. The maximum atomic E-state index is 12.2. The summed E-state index contributed by atoms with van der Waals surface area (Å²) in [7, 11) is 0. The van der Waals surface area contributed by atoms with Gasteiger partial charge in [-0.05, 0) is 18.8 Å².